The molecule has 2 saturated heterocycles. The van der Waals surface area contributed by atoms with Crippen LogP contribution in [0.2, 0.25) is 0 Å². The lowest BCUT2D eigenvalue weighted by Crippen LogP contribution is -2.58. The van der Waals surface area contributed by atoms with E-state index in [0.29, 0.717) is 44.1 Å². The van der Waals surface area contributed by atoms with Crippen LogP contribution < -0.4 is 0 Å². The molecule has 4 rings (SSSR count). The summed E-state index contributed by atoms with van der Waals surface area (Å²) in [6, 6.07) is 1.63. The molecule has 0 aromatic carbocycles. The fraction of sp³-hybridized carbons (Fsp3) is 0.684. The first-order valence-corrected chi connectivity index (χ1v) is 9.78. The molecular weight excluding hydrogens is 346 g/mol. The highest BCUT2D eigenvalue weighted by Gasteiger charge is 2.57. The number of carbonyl (C=O) groups excluding carboxylic acids is 3. The van der Waals surface area contributed by atoms with E-state index in [0.717, 1.165) is 18.5 Å². The molecule has 1 spiro atoms. The second kappa shape index (κ2) is 6.35. The third-order valence-corrected chi connectivity index (χ3v) is 6.00. The summed E-state index contributed by atoms with van der Waals surface area (Å²) in [7, 11) is 1.55. The number of aromatic nitrogens is 2. The standard InChI is InChI=1S/C19H27N5O3/c1-12(2)11-24-18(27)22(3)17(26)19(24)6-8-23(9-7-19)16(25)15-10-14(20-21-15)13-4-5-13/h10,12-13H,4-9,11H2,1-3H3,(H,20,21). The number of urea groups is 1. The highest BCUT2D eigenvalue weighted by atomic mass is 16.2. The van der Waals surface area contributed by atoms with Crippen LogP contribution in [0.4, 0.5) is 4.79 Å². The van der Waals surface area contributed by atoms with Gasteiger partial charge in [0.2, 0.25) is 0 Å². The number of hydrogen-bond donors (Lipinski definition) is 1. The Morgan fingerprint density at radius 3 is 2.56 bits per heavy atom. The molecule has 1 aromatic heterocycles. The van der Waals surface area contributed by atoms with Crippen molar-refractivity contribution in [2.24, 2.45) is 5.92 Å². The number of nitrogens with zero attached hydrogens (tertiary/aromatic N) is 4. The average molecular weight is 373 g/mol. The van der Waals surface area contributed by atoms with E-state index in [1.807, 2.05) is 19.9 Å². The van der Waals surface area contributed by atoms with Gasteiger partial charge >= 0.3 is 6.03 Å². The Balaban J connectivity index is 1.48. The molecule has 1 saturated carbocycles. The van der Waals surface area contributed by atoms with Crippen molar-refractivity contribution in [3.8, 4) is 0 Å². The quantitative estimate of drug-likeness (QED) is 0.815. The molecule has 1 aromatic rings. The van der Waals surface area contributed by atoms with E-state index in [9.17, 15) is 14.4 Å². The Morgan fingerprint density at radius 1 is 1.30 bits per heavy atom. The van der Waals surface area contributed by atoms with E-state index < -0.39 is 5.54 Å². The minimum Gasteiger partial charge on any atom is -0.337 e. The summed E-state index contributed by atoms with van der Waals surface area (Å²) in [5.74, 6) is 0.546. The molecule has 3 heterocycles. The van der Waals surface area contributed by atoms with E-state index in [1.54, 1.807) is 16.8 Å². The van der Waals surface area contributed by atoms with E-state index in [-0.39, 0.29) is 23.8 Å². The number of likely N-dealkylation sites (tertiary alicyclic amines) is 1. The number of piperidine rings is 1. The van der Waals surface area contributed by atoms with Gasteiger partial charge in [0.15, 0.2) is 0 Å². The molecule has 27 heavy (non-hydrogen) atoms. The van der Waals surface area contributed by atoms with Gasteiger partial charge in [-0.25, -0.2) is 4.79 Å². The van der Waals surface area contributed by atoms with Crippen molar-refractivity contribution in [3.63, 3.8) is 0 Å². The van der Waals surface area contributed by atoms with Crippen LogP contribution in [0.3, 0.4) is 0 Å². The molecule has 4 amide bonds. The highest BCUT2D eigenvalue weighted by Crippen LogP contribution is 2.40. The summed E-state index contributed by atoms with van der Waals surface area (Å²) >= 11 is 0. The smallest absolute Gasteiger partial charge is 0.327 e. The molecule has 0 unspecified atom stereocenters. The number of aromatic amines is 1. The first-order valence-electron chi connectivity index (χ1n) is 9.78. The van der Waals surface area contributed by atoms with Gasteiger partial charge < -0.3 is 9.80 Å². The molecule has 3 fully saturated rings. The van der Waals surface area contributed by atoms with Crippen LogP contribution >= 0.6 is 0 Å². The molecule has 0 bridgehead atoms. The minimum absolute atomic E-state index is 0.103. The first kappa shape index (κ1) is 18.0. The summed E-state index contributed by atoms with van der Waals surface area (Å²) < 4.78 is 0. The van der Waals surface area contributed by atoms with Gasteiger partial charge in [0.1, 0.15) is 11.2 Å². The molecule has 8 heteroatoms. The molecule has 1 aliphatic carbocycles. The summed E-state index contributed by atoms with van der Waals surface area (Å²) in [4.78, 5) is 42.9. The Bertz CT molecular complexity index is 774. The van der Waals surface area contributed by atoms with Gasteiger partial charge in [-0.15, -0.1) is 0 Å². The number of H-pyrrole nitrogens is 1. The van der Waals surface area contributed by atoms with Gasteiger partial charge in [-0.3, -0.25) is 19.6 Å². The van der Waals surface area contributed by atoms with Gasteiger partial charge in [0.05, 0.1) is 0 Å². The van der Waals surface area contributed by atoms with Gasteiger partial charge in [0, 0.05) is 38.3 Å². The monoisotopic (exact) mass is 373 g/mol. The molecule has 8 nitrogen and oxygen atoms in total. The Kier molecular flexibility index (Phi) is 4.24. The first-order chi connectivity index (χ1) is 12.8. The Labute approximate surface area is 158 Å². The van der Waals surface area contributed by atoms with Crippen molar-refractivity contribution < 1.29 is 14.4 Å². The predicted molar refractivity (Wildman–Crippen MR) is 98.1 cm³/mol. The van der Waals surface area contributed by atoms with Gasteiger partial charge in [0.25, 0.3) is 11.8 Å². The van der Waals surface area contributed by atoms with Crippen LogP contribution in [-0.2, 0) is 4.79 Å². The van der Waals surface area contributed by atoms with Crippen LogP contribution in [0.25, 0.3) is 0 Å². The number of carbonyl (C=O) groups is 3. The largest absolute Gasteiger partial charge is 0.337 e. The topological polar surface area (TPSA) is 89.6 Å². The van der Waals surface area contributed by atoms with Crippen molar-refractivity contribution in [2.45, 2.75) is 51.0 Å². The van der Waals surface area contributed by atoms with Gasteiger partial charge in [-0.05, 0) is 37.7 Å². The molecule has 1 N–H and O–H groups in total. The number of hydrogen-bond acceptors (Lipinski definition) is 4. The normalized spacial score (nSPS) is 22.4. The molecule has 0 atom stereocenters. The highest BCUT2D eigenvalue weighted by molar-refractivity contribution is 6.07. The van der Waals surface area contributed by atoms with E-state index in [2.05, 4.69) is 10.2 Å². The van der Waals surface area contributed by atoms with Crippen molar-refractivity contribution in [1.29, 1.82) is 0 Å². The molecule has 146 valence electrons. The van der Waals surface area contributed by atoms with Crippen molar-refractivity contribution in [2.75, 3.05) is 26.7 Å². The summed E-state index contributed by atoms with van der Waals surface area (Å²) in [5, 5.41) is 7.15. The zero-order chi connectivity index (χ0) is 19.3. The van der Waals surface area contributed by atoms with Crippen molar-refractivity contribution >= 4 is 17.8 Å². The average Bonchev–Trinajstić information content (AvgIpc) is 3.37. The van der Waals surface area contributed by atoms with E-state index in [4.69, 9.17) is 0 Å². The maximum absolute atomic E-state index is 12.9. The van der Waals surface area contributed by atoms with E-state index >= 15 is 0 Å². The third kappa shape index (κ3) is 2.91. The third-order valence-electron chi connectivity index (χ3n) is 6.00. The lowest BCUT2D eigenvalue weighted by molar-refractivity contribution is -0.134. The number of imide groups is 1. The minimum atomic E-state index is -0.808. The lowest BCUT2D eigenvalue weighted by atomic mass is 9.85. The summed E-state index contributed by atoms with van der Waals surface area (Å²) in [6.45, 7) is 5.53. The fourth-order valence-electron chi connectivity index (χ4n) is 4.27. The van der Waals surface area contributed by atoms with Gasteiger partial charge in [-0.2, -0.15) is 5.10 Å². The molecule has 3 aliphatic rings. The van der Waals surface area contributed by atoms with Crippen molar-refractivity contribution in [3.05, 3.63) is 17.5 Å². The second-order valence-electron chi connectivity index (χ2n) is 8.46. The van der Waals surface area contributed by atoms with Crippen LogP contribution in [-0.4, -0.2) is 75.0 Å². The zero-order valence-corrected chi connectivity index (χ0v) is 16.2. The van der Waals surface area contributed by atoms with Crippen LogP contribution in [0, 0.1) is 5.92 Å². The SMILES string of the molecule is CC(C)CN1C(=O)N(C)C(=O)C12CCN(C(=O)c1cc(C3CC3)[nH]n1)CC2. The second-order valence-corrected chi connectivity index (χ2v) is 8.46. The van der Waals surface area contributed by atoms with Crippen LogP contribution in [0.1, 0.15) is 61.6 Å². The Hall–Kier alpha value is -2.38. The summed E-state index contributed by atoms with van der Waals surface area (Å²) in [5.41, 5.74) is 0.670. The number of nitrogens with one attached hydrogen (secondary N) is 1. The number of amides is 4. The maximum atomic E-state index is 12.9. The Morgan fingerprint density at radius 2 is 1.96 bits per heavy atom. The predicted octanol–water partition coefficient (Wildman–Crippen LogP) is 1.81. The fourth-order valence-corrected chi connectivity index (χ4v) is 4.27. The molecular formula is C19H27N5O3. The van der Waals surface area contributed by atoms with Crippen LogP contribution in [0.5, 0.6) is 0 Å². The lowest BCUT2D eigenvalue weighted by Gasteiger charge is -2.42. The van der Waals surface area contributed by atoms with E-state index in [1.165, 1.54) is 4.90 Å². The van der Waals surface area contributed by atoms with Crippen LogP contribution in [0.15, 0.2) is 6.07 Å². The van der Waals surface area contributed by atoms with Gasteiger partial charge in [-0.1, -0.05) is 13.8 Å². The molecule has 2 aliphatic heterocycles. The van der Waals surface area contributed by atoms with Crippen molar-refractivity contribution in [1.82, 2.24) is 24.9 Å². The number of likely N-dealkylation sites (N-methyl/N-ethyl adjacent to an activating group) is 1. The number of rotatable bonds is 4. The maximum Gasteiger partial charge on any atom is 0.327 e. The summed E-state index contributed by atoms with van der Waals surface area (Å²) in [6.07, 6.45) is 3.25. The molecule has 0 radical (unpaired) electrons. The zero-order valence-electron chi connectivity index (χ0n) is 16.2.